The average Bonchev–Trinajstić information content (AvgIpc) is 3.26. The number of nitrogens with zero attached hydrogens (tertiary/aromatic N) is 5. The molecule has 3 aromatic heterocycles. The molecule has 0 saturated carbocycles. The van der Waals surface area contributed by atoms with Gasteiger partial charge in [0.25, 0.3) is 0 Å². The second kappa shape index (κ2) is 9.47. The van der Waals surface area contributed by atoms with Crippen molar-refractivity contribution in [2.45, 2.75) is 27.0 Å². The fraction of sp³-hybridized carbons (Fsp3) is 0.360. The number of aromatic nitrogens is 5. The van der Waals surface area contributed by atoms with Crippen LogP contribution in [-0.2, 0) is 4.74 Å². The topological polar surface area (TPSA) is 124 Å². The predicted molar refractivity (Wildman–Crippen MR) is 133 cm³/mol. The van der Waals surface area contributed by atoms with Crippen LogP contribution in [0.5, 0.6) is 11.5 Å². The fourth-order valence-corrected chi connectivity index (χ4v) is 4.54. The van der Waals surface area contributed by atoms with Gasteiger partial charge in [-0.05, 0) is 44.0 Å². The van der Waals surface area contributed by atoms with E-state index in [2.05, 4.69) is 38.3 Å². The maximum Gasteiger partial charge on any atom is 0.176 e. The molecule has 4 aromatic rings. The van der Waals surface area contributed by atoms with E-state index in [0.29, 0.717) is 24.7 Å². The Kier molecular flexibility index (Phi) is 6.23. The first-order valence-corrected chi connectivity index (χ1v) is 11.5. The first-order chi connectivity index (χ1) is 17.0. The number of fused-ring (bicyclic) bond motifs is 1. The number of morpholine rings is 1. The molecule has 182 valence electrons. The maximum atomic E-state index is 6.44. The number of rotatable bonds is 6. The zero-order chi connectivity index (χ0) is 24.5. The lowest BCUT2D eigenvalue weighted by molar-refractivity contribution is 0.122. The molecule has 1 aromatic carbocycles. The number of pyridine rings is 1. The SMILES string of the molecule is COc1cc2[nH]nc(-c3cnc(N4CCOCC4)c(C)c3)c2cc1O[C@H](N)c1c(C)cnnc1C. The van der Waals surface area contributed by atoms with Gasteiger partial charge in [0.05, 0.1) is 37.7 Å². The van der Waals surface area contributed by atoms with Gasteiger partial charge in [-0.1, -0.05) is 0 Å². The number of anilines is 1. The van der Waals surface area contributed by atoms with E-state index >= 15 is 0 Å². The van der Waals surface area contributed by atoms with Gasteiger partial charge in [0, 0.05) is 41.9 Å². The Hall–Kier alpha value is -3.76. The van der Waals surface area contributed by atoms with Crippen LogP contribution in [0.15, 0.2) is 30.6 Å². The molecule has 3 N–H and O–H groups in total. The summed E-state index contributed by atoms with van der Waals surface area (Å²) < 4.78 is 17.2. The van der Waals surface area contributed by atoms with Gasteiger partial charge < -0.3 is 19.1 Å². The zero-order valence-corrected chi connectivity index (χ0v) is 20.3. The number of H-pyrrole nitrogens is 1. The van der Waals surface area contributed by atoms with Crippen molar-refractivity contribution in [3.63, 3.8) is 0 Å². The first-order valence-electron chi connectivity index (χ1n) is 11.5. The van der Waals surface area contributed by atoms with E-state index in [9.17, 15) is 0 Å². The highest BCUT2D eigenvalue weighted by Gasteiger charge is 2.21. The van der Waals surface area contributed by atoms with Crippen LogP contribution in [0.4, 0.5) is 5.82 Å². The van der Waals surface area contributed by atoms with E-state index in [0.717, 1.165) is 63.5 Å². The number of aryl methyl sites for hydroxylation is 3. The Morgan fingerprint density at radius 2 is 1.86 bits per heavy atom. The number of hydrogen-bond acceptors (Lipinski definition) is 9. The van der Waals surface area contributed by atoms with Crippen molar-refractivity contribution in [2.24, 2.45) is 5.73 Å². The molecular weight excluding hydrogens is 446 g/mol. The minimum atomic E-state index is -0.732. The molecule has 0 spiro atoms. The number of aromatic amines is 1. The molecule has 1 atom stereocenters. The van der Waals surface area contributed by atoms with Gasteiger partial charge in [0.2, 0.25) is 0 Å². The molecule has 10 nitrogen and oxygen atoms in total. The van der Waals surface area contributed by atoms with Crippen molar-refractivity contribution in [3.8, 4) is 22.8 Å². The van der Waals surface area contributed by atoms with Crippen molar-refractivity contribution in [3.05, 3.63) is 53.0 Å². The number of hydrogen-bond donors (Lipinski definition) is 2. The summed E-state index contributed by atoms with van der Waals surface area (Å²) in [5.74, 6) is 2.04. The van der Waals surface area contributed by atoms with Crippen molar-refractivity contribution in [2.75, 3.05) is 38.3 Å². The molecular formula is C25H29N7O3. The van der Waals surface area contributed by atoms with Gasteiger partial charge in [-0.3, -0.25) is 10.8 Å². The Labute approximate surface area is 203 Å². The zero-order valence-electron chi connectivity index (χ0n) is 20.3. The third-order valence-electron chi connectivity index (χ3n) is 6.29. The molecule has 1 saturated heterocycles. The summed E-state index contributed by atoms with van der Waals surface area (Å²) >= 11 is 0. The van der Waals surface area contributed by atoms with Gasteiger partial charge in [0.15, 0.2) is 17.7 Å². The van der Waals surface area contributed by atoms with Crippen molar-refractivity contribution in [1.82, 2.24) is 25.4 Å². The minimum Gasteiger partial charge on any atom is -0.493 e. The van der Waals surface area contributed by atoms with E-state index in [4.69, 9.17) is 24.9 Å². The fourth-order valence-electron chi connectivity index (χ4n) is 4.54. The van der Waals surface area contributed by atoms with Crippen molar-refractivity contribution in [1.29, 1.82) is 0 Å². The van der Waals surface area contributed by atoms with E-state index in [1.165, 1.54) is 0 Å². The number of nitrogens with one attached hydrogen (secondary N) is 1. The molecule has 1 aliphatic rings. The first kappa shape index (κ1) is 23.0. The van der Waals surface area contributed by atoms with Gasteiger partial charge in [0.1, 0.15) is 11.5 Å². The van der Waals surface area contributed by atoms with Crippen molar-refractivity contribution >= 4 is 16.7 Å². The quantitative estimate of drug-likeness (QED) is 0.404. The summed E-state index contributed by atoms with van der Waals surface area (Å²) in [5.41, 5.74) is 12.5. The molecule has 1 fully saturated rings. The Morgan fingerprint density at radius 3 is 2.57 bits per heavy atom. The molecule has 4 heterocycles. The molecule has 0 bridgehead atoms. The summed E-state index contributed by atoms with van der Waals surface area (Å²) in [6.45, 7) is 8.98. The Balaban J connectivity index is 1.50. The van der Waals surface area contributed by atoms with Crippen LogP contribution in [0.1, 0.15) is 28.6 Å². The molecule has 35 heavy (non-hydrogen) atoms. The number of methoxy groups -OCH3 is 1. The number of nitrogens with two attached hydrogens (primary N) is 1. The molecule has 1 aliphatic heterocycles. The number of ether oxygens (including phenoxy) is 3. The summed E-state index contributed by atoms with van der Waals surface area (Å²) in [6.07, 6.45) is 2.80. The summed E-state index contributed by atoms with van der Waals surface area (Å²) in [4.78, 5) is 7.01. The van der Waals surface area contributed by atoms with Crippen LogP contribution in [0.2, 0.25) is 0 Å². The lowest BCUT2D eigenvalue weighted by Crippen LogP contribution is -2.37. The van der Waals surface area contributed by atoms with Gasteiger partial charge in [-0.15, -0.1) is 0 Å². The highest BCUT2D eigenvalue weighted by Crippen LogP contribution is 2.38. The van der Waals surface area contributed by atoms with Gasteiger partial charge in [-0.2, -0.15) is 15.3 Å². The van der Waals surface area contributed by atoms with Gasteiger partial charge in [-0.25, -0.2) is 4.98 Å². The highest BCUT2D eigenvalue weighted by molar-refractivity contribution is 5.95. The van der Waals surface area contributed by atoms with Crippen LogP contribution in [-0.4, -0.2) is 58.8 Å². The average molecular weight is 476 g/mol. The predicted octanol–water partition coefficient (Wildman–Crippen LogP) is 3.22. The Bertz CT molecular complexity index is 1340. The highest BCUT2D eigenvalue weighted by atomic mass is 16.5. The van der Waals surface area contributed by atoms with Crippen molar-refractivity contribution < 1.29 is 14.2 Å². The second-order valence-electron chi connectivity index (χ2n) is 8.65. The summed E-state index contributed by atoms with van der Waals surface area (Å²) in [5, 5.41) is 16.6. The normalized spacial score (nSPS) is 14.8. The molecule has 0 unspecified atom stereocenters. The van der Waals surface area contributed by atoms with Crippen LogP contribution in [0.3, 0.4) is 0 Å². The minimum absolute atomic E-state index is 0.514. The van der Waals surface area contributed by atoms with Crippen LogP contribution < -0.4 is 20.1 Å². The number of benzene rings is 1. The molecule has 5 rings (SSSR count). The van der Waals surface area contributed by atoms with E-state index in [-0.39, 0.29) is 0 Å². The maximum absolute atomic E-state index is 6.44. The molecule has 0 amide bonds. The van der Waals surface area contributed by atoms with Crippen LogP contribution in [0, 0.1) is 20.8 Å². The molecule has 10 heteroatoms. The summed E-state index contributed by atoms with van der Waals surface area (Å²) in [6, 6.07) is 5.87. The van der Waals surface area contributed by atoms with Crippen LogP contribution >= 0.6 is 0 Å². The summed E-state index contributed by atoms with van der Waals surface area (Å²) in [7, 11) is 1.60. The second-order valence-corrected chi connectivity index (χ2v) is 8.65. The van der Waals surface area contributed by atoms with E-state index < -0.39 is 6.23 Å². The third kappa shape index (κ3) is 4.38. The van der Waals surface area contributed by atoms with Gasteiger partial charge >= 0.3 is 0 Å². The lowest BCUT2D eigenvalue weighted by atomic mass is 10.1. The van der Waals surface area contributed by atoms with E-state index in [1.807, 2.05) is 32.2 Å². The van der Waals surface area contributed by atoms with E-state index in [1.54, 1.807) is 13.3 Å². The Morgan fingerprint density at radius 1 is 1.06 bits per heavy atom. The standard InChI is InChI=1S/C25H29N7O3/c1-14-9-17(13-27-25(14)32-5-7-34-8-6-32)23-18-10-21(20(33-4)11-19(18)30-31-23)35-24(26)22-15(2)12-28-29-16(22)3/h9-13,24H,5-8,26H2,1-4H3,(H,30,31)/t24-/m0/s1. The third-order valence-corrected chi connectivity index (χ3v) is 6.29. The molecule has 0 radical (unpaired) electrons. The molecule has 0 aliphatic carbocycles. The van der Waals surface area contributed by atoms with Crippen LogP contribution in [0.25, 0.3) is 22.2 Å². The lowest BCUT2D eigenvalue weighted by Gasteiger charge is -2.29. The monoisotopic (exact) mass is 475 g/mol. The largest absolute Gasteiger partial charge is 0.493 e. The smallest absolute Gasteiger partial charge is 0.176 e.